The minimum atomic E-state index is -3.35. The third-order valence-corrected chi connectivity index (χ3v) is 2.56. The first-order chi connectivity index (χ1) is 8.04. The lowest BCUT2D eigenvalue weighted by atomic mass is 10.1. The first-order valence-electron chi connectivity index (χ1n) is 5.37. The van der Waals surface area contributed by atoms with Gasteiger partial charge in [0.05, 0.1) is 6.61 Å². The number of hydrogen-bond acceptors (Lipinski definition) is 1. The average molecular weight is 261 g/mol. The molecule has 4 heteroatoms. The molecule has 1 aromatic carbocycles. The van der Waals surface area contributed by atoms with Gasteiger partial charge in [0.15, 0.2) is 0 Å². The van der Waals surface area contributed by atoms with E-state index < -0.39 is 11.5 Å². The zero-order valence-corrected chi connectivity index (χ0v) is 10.2. The molecular formula is C13H15ClF2O. The van der Waals surface area contributed by atoms with Gasteiger partial charge in [-0.2, -0.15) is 8.78 Å². The van der Waals surface area contributed by atoms with Crippen molar-refractivity contribution in [1.29, 1.82) is 0 Å². The predicted octanol–water partition coefficient (Wildman–Crippen LogP) is 4.02. The monoisotopic (exact) mass is 260 g/mol. The van der Waals surface area contributed by atoms with Gasteiger partial charge in [-0.05, 0) is 30.0 Å². The fourth-order valence-electron chi connectivity index (χ4n) is 1.47. The fourth-order valence-corrected chi connectivity index (χ4v) is 1.64. The molecule has 0 fully saturated rings. The molecule has 0 aliphatic rings. The molecule has 1 rings (SSSR count). The molecule has 0 aromatic heterocycles. The van der Waals surface area contributed by atoms with Crippen molar-refractivity contribution in [2.75, 3.05) is 6.61 Å². The fraction of sp³-hybridized carbons (Fsp3) is 0.385. The third-order valence-electron chi connectivity index (χ3n) is 2.32. The van der Waals surface area contributed by atoms with Crippen molar-refractivity contribution in [2.45, 2.75) is 24.3 Å². The highest BCUT2D eigenvalue weighted by molar-refractivity contribution is 6.22. The van der Waals surface area contributed by atoms with Crippen molar-refractivity contribution in [1.82, 2.24) is 0 Å². The standard InChI is InChI=1S/C13H15ClF2O/c1-2-10-17-12(13(14,15)16)9-8-11-6-4-3-5-7-11/h2-7,12H,1,8-10H2/t12-/m1/s1. The van der Waals surface area contributed by atoms with Crippen LogP contribution in [0.25, 0.3) is 0 Å². The highest BCUT2D eigenvalue weighted by Gasteiger charge is 2.37. The largest absolute Gasteiger partial charge is 0.366 e. The van der Waals surface area contributed by atoms with E-state index in [0.29, 0.717) is 6.42 Å². The SMILES string of the molecule is C=CCO[C@H](CCc1ccccc1)C(F)(F)Cl. The Balaban J connectivity index is 2.52. The molecule has 0 spiro atoms. The zero-order chi connectivity index (χ0) is 12.7. The summed E-state index contributed by atoms with van der Waals surface area (Å²) in [6.07, 6.45) is 0.819. The molecule has 0 aliphatic heterocycles. The van der Waals surface area contributed by atoms with Crippen molar-refractivity contribution in [3.05, 3.63) is 48.6 Å². The van der Waals surface area contributed by atoms with Crippen LogP contribution in [0, 0.1) is 0 Å². The lowest BCUT2D eigenvalue weighted by Crippen LogP contribution is -2.31. The lowest BCUT2D eigenvalue weighted by molar-refractivity contribution is -0.0781. The Morgan fingerprint density at radius 2 is 2.00 bits per heavy atom. The molecule has 1 atom stereocenters. The van der Waals surface area contributed by atoms with E-state index in [-0.39, 0.29) is 13.0 Å². The highest BCUT2D eigenvalue weighted by atomic mass is 35.5. The van der Waals surface area contributed by atoms with Crippen molar-refractivity contribution >= 4 is 11.6 Å². The molecule has 17 heavy (non-hydrogen) atoms. The Labute approximate surface area is 105 Å². The molecule has 0 N–H and O–H groups in total. The Morgan fingerprint density at radius 1 is 1.35 bits per heavy atom. The molecule has 0 aliphatic carbocycles. The van der Waals surface area contributed by atoms with Gasteiger partial charge in [0.1, 0.15) is 6.10 Å². The molecule has 1 nitrogen and oxygen atoms in total. The van der Waals surface area contributed by atoms with Gasteiger partial charge in [0.25, 0.3) is 0 Å². The van der Waals surface area contributed by atoms with Crippen LogP contribution in [-0.2, 0) is 11.2 Å². The summed E-state index contributed by atoms with van der Waals surface area (Å²) in [6.45, 7) is 3.49. The summed E-state index contributed by atoms with van der Waals surface area (Å²) < 4.78 is 31.0. The van der Waals surface area contributed by atoms with Gasteiger partial charge in [-0.15, -0.1) is 6.58 Å². The number of ether oxygens (including phenoxy) is 1. The lowest BCUT2D eigenvalue weighted by Gasteiger charge is -2.21. The number of aryl methyl sites for hydroxylation is 1. The first kappa shape index (κ1) is 14.1. The van der Waals surface area contributed by atoms with Gasteiger partial charge in [0, 0.05) is 0 Å². The maximum atomic E-state index is 13.0. The number of halogens is 3. The number of alkyl halides is 3. The van der Waals surface area contributed by atoms with E-state index in [0.717, 1.165) is 5.56 Å². The van der Waals surface area contributed by atoms with Crippen LogP contribution in [0.15, 0.2) is 43.0 Å². The molecule has 0 saturated carbocycles. The van der Waals surface area contributed by atoms with Crippen LogP contribution in [0.5, 0.6) is 0 Å². The summed E-state index contributed by atoms with van der Waals surface area (Å²) in [5.41, 5.74) is 0.987. The van der Waals surface area contributed by atoms with Crippen molar-refractivity contribution in [2.24, 2.45) is 0 Å². The van der Waals surface area contributed by atoms with E-state index in [1.165, 1.54) is 6.08 Å². The molecule has 0 amide bonds. The molecular weight excluding hydrogens is 246 g/mol. The van der Waals surface area contributed by atoms with Gasteiger partial charge in [-0.3, -0.25) is 0 Å². The van der Waals surface area contributed by atoms with Gasteiger partial charge in [-0.25, -0.2) is 0 Å². The second kappa shape index (κ2) is 6.72. The molecule has 0 bridgehead atoms. The average Bonchev–Trinajstić information content (AvgIpc) is 2.29. The van der Waals surface area contributed by atoms with Crippen LogP contribution in [0.1, 0.15) is 12.0 Å². The normalized spacial score (nSPS) is 13.4. The van der Waals surface area contributed by atoms with E-state index in [1.54, 1.807) is 0 Å². The molecule has 0 saturated heterocycles. The quantitative estimate of drug-likeness (QED) is 0.531. The third kappa shape index (κ3) is 5.29. The van der Waals surface area contributed by atoms with E-state index in [2.05, 4.69) is 6.58 Å². The van der Waals surface area contributed by atoms with Gasteiger partial charge in [-0.1, -0.05) is 36.4 Å². The smallest absolute Gasteiger partial charge is 0.347 e. The van der Waals surface area contributed by atoms with E-state index >= 15 is 0 Å². The molecule has 0 unspecified atom stereocenters. The van der Waals surface area contributed by atoms with Crippen molar-refractivity contribution in [3.8, 4) is 0 Å². The van der Waals surface area contributed by atoms with E-state index in [4.69, 9.17) is 16.3 Å². The maximum absolute atomic E-state index is 13.0. The van der Waals surface area contributed by atoms with Crippen LogP contribution >= 0.6 is 11.6 Å². The minimum Gasteiger partial charge on any atom is -0.366 e. The second-order valence-corrected chi connectivity index (χ2v) is 4.18. The summed E-state index contributed by atoms with van der Waals surface area (Å²) in [5.74, 6) is 0. The van der Waals surface area contributed by atoms with Crippen LogP contribution in [-0.4, -0.2) is 18.1 Å². The first-order valence-corrected chi connectivity index (χ1v) is 5.75. The predicted molar refractivity (Wildman–Crippen MR) is 65.5 cm³/mol. The number of benzene rings is 1. The van der Waals surface area contributed by atoms with Gasteiger partial charge < -0.3 is 4.74 Å². The van der Waals surface area contributed by atoms with Gasteiger partial charge in [0.2, 0.25) is 0 Å². The molecule has 1 aromatic rings. The minimum absolute atomic E-state index is 0.0712. The second-order valence-electron chi connectivity index (χ2n) is 3.68. The molecule has 94 valence electrons. The topological polar surface area (TPSA) is 9.23 Å². The maximum Gasteiger partial charge on any atom is 0.347 e. The summed E-state index contributed by atoms with van der Waals surface area (Å²) in [4.78, 5) is 0. The van der Waals surface area contributed by atoms with Crippen LogP contribution in [0.4, 0.5) is 8.78 Å². The summed E-state index contributed by atoms with van der Waals surface area (Å²) in [5, 5.41) is -3.35. The van der Waals surface area contributed by atoms with Crippen molar-refractivity contribution in [3.63, 3.8) is 0 Å². The number of rotatable bonds is 7. The summed E-state index contributed by atoms with van der Waals surface area (Å²) in [6, 6.07) is 9.39. The summed E-state index contributed by atoms with van der Waals surface area (Å²) >= 11 is 5.01. The van der Waals surface area contributed by atoms with Crippen LogP contribution < -0.4 is 0 Å². The van der Waals surface area contributed by atoms with E-state index in [1.807, 2.05) is 30.3 Å². The Bertz CT molecular complexity index is 335. The highest BCUT2D eigenvalue weighted by Crippen LogP contribution is 2.29. The van der Waals surface area contributed by atoms with Crippen molar-refractivity contribution < 1.29 is 13.5 Å². The Hall–Kier alpha value is -0.930. The summed E-state index contributed by atoms with van der Waals surface area (Å²) in [7, 11) is 0. The molecule has 0 radical (unpaired) electrons. The van der Waals surface area contributed by atoms with Gasteiger partial charge >= 0.3 is 5.38 Å². The Kier molecular flexibility index (Phi) is 5.59. The zero-order valence-electron chi connectivity index (χ0n) is 9.41. The van der Waals surface area contributed by atoms with E-state index in [9.17, 15) is 8.78 Å². The Morgan fingerprint density at radius 3 is 2.53 bits per heavy atom. The van der Waals surface area contributed by atoms with Crippen LogP contribution in [0.2, 0.25) is 0 Å². The van der Waals surface area contributed by atoms with Crippen LogP contribution in [0.3, 0.4) is 0 Å². The number of hydrogen-bond donors (Lipinski definition) is 0. The molecule has 0 heterocycles.